The summed E-state index contributed by atoms with van der Waals surface area (Å²) in [6.45, 7) is 0.0669. The smallest absolute Gasteiger partial charge is 0.451 e. The third-order valence-corrected chi connectivity index (χ3v) is 6.91. The third kappa shape index (κ3) is 3.90. The van der Waals surface area contributed by atoms with Crippen LogP contribution in [0.4, 0.5) is 13.2 Å². The summed E-state index contributed by atoms with van der Waals surface area (Å²) >= 11 is 0. The summed E-state index contributed by atoms with van der Waals surface area (Å²) in [4.78, 5) is 12.2. The minimum atomic E-state index is -4.75. The van der Waals surface area contributed by atoms with E-state index in [9.17, 15) is 26.4 Å². The first-order valence-corrected chi connectivity index (χ1v) is 10.4. The first kappa shape index (κ1) is 22.2. The molecule has 3 rings (SSSR count). The van der Waals surface area contributed by atoms with Crippen LogP contribution < -0.4 is 15.2 Å². The Morgan fingerprint density at radius 1 is 1.10 bits per heavy atom. The van der Waals surface area contributed by atoms with Gasteiger partial charge in [-0.05, 0) is 25.0 Å². The van der Waals surface area contributed by atoms with E-state index in [4.69, 9.17) is 9.47 Å². The van der Waals surface area contributed by atoms with Crippen molar-refractivity contribution in [3.63, 3.8) is 0 Å². The van der Waals surface area contributed by atoms with Gasteiger partial charge in [-0.1, -0.05) is 0 Å². The Labute approximate surface area is 170 Å². The van der Waals surface area contributed by atoms with E-state index < -0.39 is 33.8 Å². The monoisotopic (exact) mass is 450 g/mol. The number of ether oxygens (including phenoxy) is 2. The topological polar surface area (TPSA) is 95.7 Å². The standard InChI is InChI=1S/C17H21F3N4O5S/c1-22-15(17(18,19)20)21-24(16(22)25)11-6-8-23(9-7-11)30(26,27)12-4-5-13(28-2)14(10-12)29-3/h4-5,10-11H,6-9H2,1-3H3. The van der Waals surface area contributed by atoms with Gasteiger partial charge in [0.1, 0.15) is 0 Å². The van der Waals surface area contributed by atoms with Gasteiger partial charge in [0.05, 0.1) is 25.2 Å². The highest BCUT2D eigenvalue weighted by molar-refractivity contribution is 7.89. The number of alkyl halides is 3. The number of halogens is 3. The lowest BCUT2D eigenvalue weighted by atomic mass is 10.1. The molecule has 9 nitrogen and oxygen atoms in total. The van der Waals surface area contributed by atoms with Crippen LogP contribution in [0.5, 0.6) is 11.5 Å². The van der Waals surface area contributed by atoms with Crippen LogP contribution in [-0.4, -0.2) is 54.4 Å². The molecule has 1 aliphatic heterocycles. The maximum Gasteiger partial charge on any atom is 0.451 e. The van der Waals surface area contributed by atoms with Crippen molar-refractivity contribution < 1.29 is 31.1 Å². The Hall–Kier alpha value is -2.54. The Kier molecular flexibility index (Phi) is 5.87. The summed E-state index contributed by atoms with van der Waals surface area (Å²) in [5.41, 5.74) is -0.886. The number of sulfonamides is 1. The number of benzene rings is 1. The molecule has 1 aromatic heterocycles. The van der Waals surface area contributed by atoms with E-state index in [0.717, 1.165) is 11.7 Å². The lowest BCUT2D eigenvalue weighted by Gasteiger charge is -2.30. The van der Waals surface area contributed by atoms with Crippen molar-refractivity contribution in [2.45, 2.75) is 30.0 Å². The van der Waals surface area contributed by atoms with Crippen LogP contribution in [0.1, 0.15) is 24.7 Å². The molecule has 1 aliphatic rings. The zero-order chi connectivity index (χ0) is 22.3. The van der Waals surface area contributed by atoms with Gasteiger partial charge in [0.25, 0.3) is 0 Å². The van der Waals surface area contributed by atoms with E-state index in [-0.39, 0.29) is 36.6 Å². The zero-order valence-electron chi connectivity index (χ0n) is 16.5. The summed E-state index contributed by atoms with van der Waals surface area (Å²) in [7, 11) is -0.0320. The maximum atomic E-state index is 13.0. The minimum absolute atomic E-state index is 0.00737. The summed E-state index contributed by atoms with van der Waals surface area (Å²) in [5.74, 6) is -0.647. The van der Waals surface area contributed by atoms with Gasteiger partial charge in [0.15, 0.2) is 11.5 Å². The molecular weight excluding hydrogens is 429 g/mol. The van der Waals surface area contributed by atoms with Crippen LogP contribution in [-0.2, 0) is 23.2 Å². The zero-order valence-corrected chi connectivity index (χ0v) is 17.3. The Morgan fingerprint density at radius 2 is 1.70 bits per heavy atom. The van der Waals surface area contributed by atoms with Crippen LogP contribution in [0.15, 0.2) is 27.9 Å². The van der Waals surface area contributed by atoms with Crippen molar-refractivity contribution in [1.29, 1.82) is 0 Å². The minimum Gasteiger partial charge on any atom is -0.493 e. The Bertz CT molecular complexity index is 1090. The van der Waals surface area contributed by atoms with Crippen LogP contribution in [0.25, 0.3) is 0 Å². The molecule has 2 heterocycles. The first-order chi connectivity index (χ1) is 14.0. The van der Waals surface area contributed by atoms with Gasteiger partial charge in [-0.2, -0.15) is 17.5 Å². The SMILES string of the molecule is COc1ccc(S(=O)(=O)N2CCC(n3nc(C(F)(F)F)n(C)c3=O)CC2)cc1OC. The lowest BCUT2D eigenvalue weighted by molar-refractivity contribution is -0.147. The number of hydrogen-bond donors (Lipinski definition) is 0. The first-order valence-electron chi connectivity index (χ1n) is 8.95. The largest absolute Gasteiger partial charge is 0.493 e. The van der Waals surface area contributed by atoms with Gasteiger partial charge in [-0.3, -0.25) is 4.57 Å². The fourth-order valence-corrected chi connectivity index (χ4v) is 4.88. The van der Waals surface area contributed by atoms with Crippen LogP contribution in [0.2, 0.25) is 0 Å². The van der Waals surface area contributed by atoms with E-state index in [1.807, 2.05) is 0 Å². The van der Waals surface area contributed by atoms with Crippen LogP contribution in [0, 0.1) is 0 Å². The molecule has 0 bridgehead atoms. The van der Waals surface area contributed by atoms with Crippen LogP contribution >= 0.6 is 0 Å². The molecule has 0 amide bonds. The molecule has 2 aromatic rings. The number of piperidine rings is 1. The van der Waals surface area contributed by atoms with Gasteiger partial charge < -0.3 is 9.47 Å². The molecular formula is C17H21F3N4O5S. The quantitative estimate of drug-likeness (QED) is 0.688. The molecule has 1 aromatic carbocycles. The number of hydrogen-bond acceptors (Lipinski definition) is 6. The molecule has 13 heteroatoms. The van der Waals surface area contributed by atoms with Crippen molar-refractivity contribution in [3.8, 4) is 11.5 Å². The number of nitrogens with zero attached hydrogens (tertiary/aromatic N) is 4. The van der Waals surface area contributed by atoms with Crippen LogP contribution in [0.3, 0.4) is 0 Å². The maximum absolute atomic E-state index is 13.0. The summed E-state index contributed by atoms with van der Waals surface area (Å²) in [6.07, 6.45) is -4.45. The van der Waals surface area contributed by atoms with Crippen molar-refractivity contribution in [2.24, 2.45) is 7.05 Å². The molecule has 0 unspecified atom stereocenters. The van der Waals surface area contributed by atoms with E-state index in [1.54, 1.807) is 0 Å². The third-order valence-electron chi connectivity index (χ3n) is 5.02. The molecule has 0 saturated carbocycles. The van der Waals surface area contributed by atoms with E-state index in [2.05, 4.69) is 5.10 Å². The summed E-state index contributed by atoms with van der Waals surface area (Å²) in [5, 5.41) is 3.44. The highest BCUT2D eigenvalue weighted by Crippen LogP contribution is 2.33. The van der Waals surface area contributed by atoms with Gasteiger partial charge in [0.2, 0.25) is 15.8 Å². The average molecular weight is 450 g/mol. The van der Waals surface area contributed by atoms with Gasteiger partial charge in [0, 0.05) is 26.2 Å². The molecule has 0 spiro atoms. The molecule has 1 fully saturated rings. The predicted molar refractivity (Wildman–Crippen MR) is 99.0 cm³/mol. The number of aromatic nitrogens is 3. The molecule has 1 saturated heterocycles. The van der Waals surface area contributed by atoms with Crippen molar-refractivity contribution in [1.82, 2.24) is 18.7 Å². The van der Waals surface area contributed by atoms with E-state index in [1.165, 1.54) is 36.7 Å². The second kappa shape index (κ2) is 7.95. The van der Waals surface area contributed by atoms with Gasteiger partial charge in [-0.25, -0.2) is 17.9 Å². The van der Waals surface area contributed by atoms with Gasteiger partial charge >= 0.3 is 11.9 Å². The normalized spacial score (nSPS) is 16.6. The molecule has 0 aliphatic carbocycles. The summed E-state index contributed by atoms with van der Waals surface area (Å²) < 4.78 is 77.6. The Balaban J connectivity index is 1.80. The van der Waals surface area contributed by atoms with Crippen molar-refractivity contribution in [3.05, 3.63) is 34.5 Å². The van der Waals surface area contributed by atoms with E-state index in [0.29, 0.717) is 10.3 Å². The lowest BCUT2D eigenvalue weighted by Crippen LogP contribution is -2.41. The second-order valence-corrected chi connectivity index (χ2v) is 8.70. The predicted octanol–water partition coefficient (Wildman–Crippen LogP) is 1.64. The molecule has 166 valence electrons. The average Bonchev–Trinajstić information content (AvgIpc) is 3.02. The molecule has 30 heavy (non-hydrogen) atoms. The van der Waals surface area contributed by atoms with Gasteiger partial charge in [-0.15, -0.1) is 5.10 Å². The number of methoxy groups -OCH3 is 2. The fourth-order valence-electron chi connectivity index (χ4n) is 3.39. The molecule has 0 atom stereocenters. The van der Waals surface area contributed by atoms with Crippen molar-refractivity contribution in [2.75, 3.05) is 27.3 Å². The van der Waals surface area contributed by atoms with Crippen molar-refractivity contribution >= 4 is 10.0 Å². The summed E-state index contributed by atoms with van der Waals surface area (Å²) in [6, 6.07) is 3.59. The van der Waals surface area contributed by atoms with E-state index >= 15 is 0 Å². The molecule has 0 N–H and O–H groups in total. The highest BCUT2D eigenvalue weighted by Gasteiger charge is 2.39. The second-order valence-electron chi connectivity index (χ2n) is 6.76. The highest BCUT2D eigenvalue weighted by atomic mass is 32.2. The molecule has 0 radical (unpaired) electrons. The number of rotatable bonds is 5. The Morgan fingerprint density at radius 3 is 2.20 bits per heavy atom. The fraction of sp³-hybridized carbons (Fsp3) is 0.529.